The standard InChI is InChI=1S/C17H36N2/c1-6-8-15-10-12-19(13-11-15)16(9-7-2)14-18-17(3,4)5/h15-16,18H,6-14H2,1-5H3. The van der Waals surface area contributed by atoms with E-state index in [0.29, 0.717) is 0 Å². The molecule has 2 nitrogen and oxygen atoms in total. The maximum atomic E-state index is 3.70. The number of nitrogens with zero attached hydrogens (tertiary/aromatic N) is 1. The molecule has 0 radical (unpaired) electrons. The predicted molar refractivity (Wildman–Crippen MR) is 85.7 cm³/mol. The third kappa shape index (κ3) is 6.76. The molecule has 0 aromatic rings. The summed E-state index contributed by atoms with van der Waals surface area (Å²) in [6.45, 7) is 15.2. The van der Waals surface area contributed by atoms with Gasteiger partial charge in [-0.15, -0.1) is 0 Å². The van der Waals surface area contributed by atoms with E-state index in [2.05, 4.69) is 44.8 Å². The monoisotopic (exact) mass is 268 g/mol. The summed E-state index contributed by atoms with van der Waals surface area (Å²) >= 11 is 0. The fraction of sp³-hybridized carbons (Fsp3) is 1.00. The summed E-state index contributed by atoms with van der Waals surface area (Å²) in [5.41, 5.74) is 0.243. The van der Waals surface area contributed by atoms with Crippen molar-refractivity contribution in [1.29, 1.82) is 0 Å². The highest BCUT2D eigenvalue weighted by molar-refractivity contribution is 4.82. The summed E-state index contributed by atoms with van der Waals surface area (Å²) in [6.07, 6.45) is 8.27. The zero-order chi connectivity index (χ0) is 14.3. The lowest BCUT2D eigenvalue weighted by Crippen LogP contribution is -2.49. The Balaban J connectivity index is 2.40. The molecule has 0 bridgehead atoms. The molecule has 0 spiro atoms. The summed E-state index contributed by atoms with van der Waals surface area (Å²) in [6, 6.07) is 0.742. The van der Waals surface area contributed by atoms with E-state index in [1.54, 1.807) is 0 Å². The Morgan fingerprint density at radius 3 is 2.21 bits per heavy atom. The van der Waals surface area contributed by atoms with Crippen LogP contribution in [0.15, 0.2) is 0 Å². The van der Waals surface area contributed by atoms with Gasteiger partial charge in [0, 0.05) is 18.1 Å². The van der Waals surface area contributed by atoms with Crippen molar-refractivity contribution in [2.75, 3.05) is 19.6 Å². The van der Waals surface area contributed by atoms with Crippen LogP contribution in [0, 0.1) is 5.92 Å². The second-order valence-corrected chi connectivity index (χ2v) is 7.34. The molecule has 2 heteroatoms. The van der Waals surface area contributed by atoms with Crippen molar-refractivity contribution >= 4 is 0 Å². The maximum Gasteiger partial charge on any atom is 0.0220 e. The van der Waals surface area contributed by atoms with Gasteiger partial charge in [-0.1, -0.05) is 33.1 Å². The second-order valence-electron chi connectivity index (χ2n) is 7.34. The van der Waals surface area contributed by atoms with Gasteiger partial charge in [0.25, 0.3) is 0 Å². The smallest absolute Gasteiger partial charge is 0.0220 e. The van der Waals surface area contributed by atoms with Gasteiger partial charge in [-0.3, -0.25) is 4.90 Å². The van der Waals surface area contributed by atoms with E-state index in [-0.39, 0.29) is 5.54 Å². The van der Waals surface area contributed by atoms with Crippen molar-refractivity contribution in [3.05, 3.63) is 0 Å². The van der Waals surface area contributed by atoms with Crippen molar-refractivity contribution < 1.29 is 0 Å². The van der Waals surface area contributed by atoms with Gasteiger partial charge >= 0.3 is 0 Å². The Bertz CT molecular complexity index is 224. The summed E-state index contributed by atoms with van der Waals surface area (Å²) in [5.74, 6) is 0.999. The first kappa shape index (κ1) is 17.0. The first-order chi connectivity index (χ1) is 8.96. The molecule has 19 heavy (non-hydrogen) atoms. The first-order valence-electron chi connectivity index (χ1n) is 8.45. The van der Waals surface area contributed by atoms with Crippen LogP contribution >= 0.6 is 0 Å². The molecule has 1 heterocycles. The summed E-state index contributed by atoms with van der Waals surface area (Å²) in [7, 11) is 0. The number of hydrogen-bond donors (Lipinski definition) is 1. The highest BCUT2D eigenvalue weighted by atomic mass is 15.2. The molecule has 0 saturated carbocycles. The van der Waals surface area contributed by atoms with E-state index in [9.17, 15) is 0 Å². The third-order valence-corrected chi connectivity index (χ3v) is 4.35. The molecule has 0 aliphatic carbocycles. The first-order valence-corrected chi connectivity index (χ1v) is 8.45. The van der Waals surface area contributed by atoms with E-state index in [1.807, 2.05) is 0 Å². The quantitative estimate of drug-likeness (QED) is 0.749. The molecule has 1 rings (SSSR count). The molecule has 0 aromatic heterocycles. The van der Waals surface area contributed by atoms with Gasteiger partial charge in [-0.2, -0.15) is 0 Å². The minimum absolute atomic E-state index is 0.243. The third-order valence-electron chi connectivity index (χ3n) is 4.35. The van der Waals surface area contributed by atoms with Crippen LogP contribution in [-0.2, 0) is 0 Å². The van der Waals surface area contributed by atoms with Crippen molar-refractivity contribution in [2.24, 2.45) is 5.92 Å². The molecule has 1 aliphatic heterocycles. The predicted octanol–water partition coefficient (Wildman–Crippen LogP) is 4.06. The lowest BCUT2D eigenvalue weighted by molar-refractivity contribution is 0.116. The molecular weight excluding hydrogens is 232 g/mol. The Morgan fingerprint density at radius 1 is 1.11 bits per heavy atom. The van der Waals surface area contributed by atoms with Gasteiger partial charge in [0.2, 0.25) is 0 Å². The molecule has 1 aliphatic rings. The molecule has 1 saturated heterocycles. The normalized spacial score (nSPS) is 20.7. The molecule has 114 valence electrons. The number of piperidine rings is 1. The molecule has 1 atom stereocenters. The molecular formula is C17H36N2. The summed E-state index contributed by atoms with van der Waals surface area (Å²) in [4.78, 5) is 2.74. The van der Waals surface area contributed by atoms with E-state index in [4.69, 9.17) is 0 Å². The highest BCUT2D eigenvalue weighted by Crippen LogP contribution is 2.24. The minimum Gasteiger partial charge on any atom is -0.311 e. The fourth-order valence-corrected chi connectivity index (χ4v) is 3.19. The zero-order valence-electron chi connectivity index (χ0n) is 14.0. The van der Waals surface area contributed by atoms with E-state index < -0.39 is 0 Å². The Hall–Kier alpha value is -0.0800. The van der Waals surface area contributed by atoms with E-state index in [1.165, 1.54) is 51.6 Å². The molecule has 1 fully saturated rings. The van der Waals surface area contributed by atoms with Gasteiger partial charge in [-0.05, 0) is 59.0 Å². The van der Waals surface area contributed by atoms with E-state index in [0.717, 1.165) is 18.5 Å². The second kappa shape index (κ2) is 8.26. The SMILES string of the molecule is CCCC1CCN(C(CCC)CNC(C)(C)C)CC1. The molecule has 0 aromatic carbocycles. The van der Waals surface area contributed by atoms with Crippen LogP contribution in [0.4, 0.5) is 0 Å². The number of hydrogen-bond acceptors (Lipinski definition) is 2. The largest absolute Gasteiger partial charge is 0.311 e. The van der Waals surface area contributed by atoms with Gasteiger partial charge in [0.15, 0.2) is 0 Å². The zero-order valence-corrected chi connectivity index (χ0v) is 14.0. The van der Waals surface area contributed by atoms with Crippen molar-refractivity contribution in [1.82, 2.24) is 10.2 Å². The Kier molecular flexibility index (Phi) is 7.38. The molecule has 1 unspecified atom stereocenters. The van der Waals surface area contributed by atoms with Crippen molar-refractivity contribution in [3.8, 4) is 0 Å². The summed E-state index contributed by atoms with van der Waals surface area (Å²) in [5, 5.41) is 3.70. The number of likely N-dealkylation sites (tertiary alicyclic amines) is 1. The van der Waals surface area contributed by atoms with Crippen molar-refractivity contribution in [3.63, 3.8) is 0 Å². The highest BCUT2D eigenvalue weighted by Gasteiger charge is 2.25. The van der Waals surface area contributed by atoms with Crippen LogP contribution < -0.4 is 5.32 Å². The van der Waals surface area contributed by atoms with E-state index >= 15 is 0 Å². The average molecular weight is 268 g/mol. The Labute approximate surface area is 121 Å². The molecule has 1 N–H and O–H groups in total. The van der Waals surface area contributed by atoms with Crippen LogP contribution in [0.1, 0.15) is 73.1 Å². The van der Waals surface area contributed by atoms with Crippen LogP contribution in [-0.4, -0.2) is 36.1 Å². The minimum atomic E-state index is 0.243. The lowest BCUT2D eigenvalue weighted by atomic mass is 9.91. The number of nitrogens with one attached hydrogen (secondary N) is 1. The van der Waals surface area contributed by atoms with Crippen LogP contribution in [0.25, 0.3) is 0 Å². The van der Waals surface area contributed by atoms with Gasteiger partial charge < -0.3 is 5.32 Å². The fourth-order valence-electron chi connectivity index (χ4n) is 3.19. The van der Waals surface area contributed by atoms with Crippen LogP contribution in [0.5, 0.6) is 0 Å². The van der Waals surface area contributed by atoms with Crippen molar-refractivity contribution in [2.45, 2.75) is 84.7 Å². The van der Waals surface area contributed by atoms with Crippen LogP contribution in [0.2, 0.25) is 0 Å². The van der Waals surface area contributed by atoms with Gasteiger partial charge in [0.1, 0.15) is 0 Å². The van der Waals surface area contributed by atoms with Crippen LogP contribution in [0.3, 0.4) is 0 Å². The maximum absolute atomic E-state index is 3.70. The van der Waals surface area contributed by atoms with Gasteiger partial charge in [0.05, 0.1) is 0 Å². The summed E-state index contributed by atoms with van der Waals surface area (Å²) < 4.78 is 0. The Morgan fingerprint density at radius 2 is 1.74 bits per heavy atom. The number of rotatable bonds is 7. The lowest BCUT2D eigenvalue weighted by Gasteiger charge is -2.39. The molecule has 0 amide bonds. The topological polar surface area (TPSA) is 15.3 Å². The average Bonchev–Trinajstić information content (AvgIpc) is 2.35. The van der Waals surface area contributed by atoms with Gasteiger partial charge in [-0.25, -0.2) is 0 Å².